The van der Waals surface area contributed by atoms with Crippen LogP contribution in [-0.2, 0) is 11.3 Å². The Morgan fingerprint density at radius 2 is 1.96 bits per heavy atom. The van der Waals surface area contributed by atoms with E-state index >= 15 is 0 Å². The van der Waals surface area contributed by atoms with Crippen LogP contribution in [0.4, 0.5) is 5.82 Å². The number of fused-ring (bicyclic) bond motifs is 1. The van der Waals surface area contributed by atoms with Gasteiger partial charge in [0.1, 0.15) is 17.3 Å². The Balaban J connectivity index is 2.02. The van der Waals surface area contributed by atoms with E-state index in [2.05, 4.69) is 5.32 Å². The summed E-state index contributed by atoms with van der Waals surface area (Å²) in [4.78, 5) is 25.3. The number of hydrogen-bond acceptors (Lipinski definition) is 5. The molecule has 0 amide bonds. The van der Waals surface area contributed by atoms with Gasteiger partial charge in [-0.15, -0.1) is 0 Å². The highest BCUT2D eigenvalue weighted by Crippen LogP contribution is 2.28. The maximum Gasteiger partial charge on any atom is 0.355 e. The van der Waals surface area contributed by atoms with Crippen LogP contribution in [0.25, 0.3) is 0 Å². The molecule has 132 valence electrons. The van der Waals surface area contributed by atoms with Gasteiger partial charge in [0.2, 0.25) is 0 Å². The van der Waals surface area contributed by atoms with Crippen LogP contribution in [-0.4, -0.2) is 36.6 Å². The van der Waals surface area contributed by atoms with Crippen molar-refractivity contribution in [3.8, 4) is 5.75 Å². The lowest BCUT2D eigenvalue weighted by Gasteiger charge is -2.11. The number of carbonyl (C=O) groups excluding carboxylic acids is 2. The Kier molecular flexibility index (Phi) is 5.07. The molecular formula is C19H22N2O4. The van der Waals surface area contributed by atoms with E-state index in [1.807, 2.05) is 4.57 Å². The van der Waals surface area contributed by atoms with Gasteiger partial charge in [0.15, 0.2) is 5.78 Å². The van der Waals surface area contributed by atoms with Gasteiger partial charge in [0.05, 0.1) is 19.3 Å². The van der Waals surface area contributed by atoms with Crippen molar-refractivity contribution in [2.75, 3.05) is 25.6 Å². The number of carbonyl (C=O) groups is 2. The molecule has 1 aliphatic heterocycles. The smallest absolute Gasteiger partial charge is 0.355 e. The minimum Gasteiger partial charge on any atom is -0.497 e. The third kappa shape index (κ3) is 3.38. The molecule has 2 heterocycles. The molecule has 0 spiro atoms. The fourth-order valence-corrected chi connectivity index (χ4v) is 3.02. The van der Waals surface area contributed by atoms with Crippen LogP contribution >= 0.6 is 0 Å². The summed E-state index contributed by atoms with van der Waals surface area (Å²) in [5, 5.41) is 3.29. The van der Waals surface area contributed by atoms with Gasteiger partial charge in [-0.25, -0.2) is 4.79 Å². The van der Waals surface area contributed by atoms with Crippen molar-refractivity contribution in [2.45, 2.75) is 26.3 Å². The molecule has 0 saturated carbocycles. The van der Waals surface area contributed by atoms with E-state index in [4.69, 9.17) is 9.47 Å². The summed E-state index contributed by atoms with van der Waals surface area (Å²) in [6.45, 7) is 3.53. The van der Waals surface area contributed by atoms with Crippen LogP contribution in [0.3, 0.4) is 0 Å². The van der Waals surface area contributed by atoms with E-state index < -0.39 is 5.97 Å². The van der Waals surface area contributed by atoms with Gasteiger partial charge in [0, 0.05) is 18.7 Å². The maximum absolute atomic E-state index is 13.0. The highest BCUT2D eigenvalue weighted by atomic mass is 16.5. The Hall–Kier alpha value is -2.76. The number of hydrogen-bond donors (Lipinski definition) is 1. The number of rotatable bonds is 5. The van der Waals surface area contributed by atoms with Crippen LogP contribution in [0.5, 0.6) is 5.75 Å². The Bertz CT molecular complexity index is 777. The van der Waals surface area contributed by atoms with Crippen molar-refractivity contribution in [3.63, 3.8) is 0 Å². The predicted octanol–water partition coefficient (Wildman–Crippen LogP) is 3.11. The molecule has 1 aromatic heterocycles. The second-order valence-corrected chi connectivity index (χ2v) is 5.86. The van der Waals surface area contributed by atoms with Gasteiger partial charge in [-0.2, -0.15) is 0 Å². The molecule has 0 fully saturated rings. The van der Waals surface area contributed by atoms with E-state index in [0.29, 0.717) is 41.5 Å². The fraction of sp³-hybridized carbons (Fsp3) is 0.368. The zero-order valence-electron chi connectivity index (χ0n) is 14.5. The first-order valence-corrected chi connectivity index (χ1v) is 8.49. The van der Waals surface area contributed by atoms with Gasteiger partial charge in [-0.1, -0.05) is 0 Å². The third-order valence-electron chi connectivity index (χ3n) is 4.28. The molecule has 0 bridgehead atoms. The van der Waals surface area contributed by atoms with Crippen LogP contribution < -0.4 is 10.1 Å². The zero-order valence-corrected chi connectivity index (χ0v) is 14.5. The van der Waals surface area contributed by atoms with Crippen LogP contribution in [0.15, 0.2) is 30.3 Å². The minimum absolute atomic E-state index is 0.128. The fourth-order valence-electron chi connectivity index (χ4n) is 3.02. The highest BCUT2D eigenvalue weighted by Gasteiger charge is 2.26. The third-order valence-corrected chi connectivity index (χ3v) is 4.28. The number of methoxy groups -OCH3 is 1. The molecule has 0 unspecified atom stereocenters. The largest absolute Gasteiger partial charge is 0.497 e. The Morgan fingerprint density at radius 1 is 1.20 bits per heavy atom. The number of aromatic nitrogens is 1. The minimum atomic E-state index is -0.402. The average Bonchev–Trinajstić information content (AvgIpc) is 2.83. The summed E-state index contributed by atoms with van der Waals surface area (Å²) in [6, 6.07) is 8.60. The summed E-state index contributed by atoms with van der Waals surface area (Å²) in [7, 11) is 1.58. The maximum atomic E-state index is 13.0. The number of ether oxygens (including phenoxy) is 2. The Morgan fingerprint density at radius 3 is 2.64 bits per heavy atom. The molecule has 1 aliphatic rings. The summed E-state index contributed by atoms with van der Waals surface area (Å²) >= 11 is 0. The number of esters is 1. The number of nitrogens with zero attached hydrogens (tertiary/aromatic N) is 1. The van der Waals surface area contributed by atoms with Gasteiger partial charge in [-0.3, -0.25) is 4.79 Å². The van der Waals surface area contributed by atoms with E-state index in [1.54, 1.807) is 44.4 Å². The number of benzene rings is 1. The molecule has 2 aromatic rings. The molecule has 0 atom stereocenters. The average molecular weight is 342 g/mol. The van der Waals surface area contributed by atoms with Crippen molar-refractivity contribution < 1.29 is 19.1 Å². The zero-order chi connectivity index (χ0) is 17.8. The SMILES string of the molecule is CCOC(=O)c1cc(C(=O)c2ccc(OC)cc2)c2n1CCCCN2. The summed E-state index contributed by atoms with van der Waals surface area (Å²) in [5.41, 5.74) is 1.47. The van der Waals surface area contributed by atoms with Crippen LogP contribution in [0.1, 0.15) is 46.2 Å². The molecule has 6 heteroatoms. The Labute approximate surface area is 146 Å². The van der Waals surface area contributed by atoms with E-state index in [9.17, 15) is 9.59 Å². The summed E-state index contributed by atoms with van der Waals surface area (Å²) < 4.78 is 12.1. The van der Waals surface area contributed by atoms with Crippen molar-refractivity contribution in [3.05, 3.63) is 47.2 Å². The molecule has 1 aromatic carbocycles. The molecule has 0 aliphatic carbocycles. The number of anilines is 1. The van der Waals surface area contributed by atoms with Gasteiger partial charge >= 0.3 is 5.97 Å². The second-order valence-electron chi connectivity index (χ2n) is 5.86. The molecule has 0 saturated heterocycles. The van der Waals surface area contributed by atoms with E-state index in [1.165, 1.54) is 0 Å². The van der Waals surface area contributed by atoms with Crippen LogP contribution in [0.2, 0.25) is 0 Å². The lowest BCUT2D eigenvalue weighted by Crippen LogP contribution is -2.13. The second kappa shape index (κ2) is 7.42. The van der Waals surface area contributed by atoms with Crippen molar-refractivity contribution in [1.29, 1.82) is 0 Å². The van der Waals surface area contributed by atoms with Gasteiger partial charge in [0.25, 0.3) is 0 Å². The topological polar surface area (TPSA) is 69.6 Å². The van der Waals surface area contributed by atoms with Crippen LogP contribution in [0, 0.1) is 0 Å². The van der Waals surface area contributed by atoms with E-state index in [0.717, 1.165) is 19.4 Å². The molecular weight excluding hydrogens is 320 g/mol. The molecule has 0 radical (unpaired) electrons. The summed E-state index contributed by atoms with van der Waals surface area (Å²) in [6.07, 6.45) is 1.93. The first kappa shape index (κ1) is 17.1. The highest BCUT2D eigenvalue weighted by molar-refractivity contribution is 6.13. The van der Waals surface area contributed by atoms with E-state index in [-0.39, 0.29) is 5.78 Å². The number of nitrogens with one attached hydrogen (secondary N) is 1. The predicted molar refractivity (Wildman–Crippen MR) is 94.5 cm³/mol. The monoisotopic (exact) mass is 342 g/mol. The lowest BCUT2D eigenvalue weighted by molar-refractivity contribution is 0.0514. The van der Waals surface area contributed by atoms with Gasteiger partial charge in [-0.05, 0) is 50.1 Å². The quantitative estimate of drug-likeness (QED) is 0.668. The number of ketones is 1. The molecule has 1 N–H and O–H groups in total. The lowest BCUT2D eigenvalue weighted by atomic mass is 10.0. The first-order valence-electron chi connectivity index (χ1n) is 8.49. The normalized spacial score (nSPS) is 13.4. The van der Waals surface area contributed by atoms with Crippen molar-refractivity contribution in [2.24, 2.45) is 0 Å². The molecule has 25 heavy (non-hydrogen) atoms. The van der Waals surface area contributed by atoms with Crippen molar-refractivity contribution >= 4 is 17.6 Å². The standard InChI is InChI=1S/C19H22N2O4/c1-3-25-19(23)16-12-15(18-20-10-4-5-11-21(16)18)17(22)13-6-8-14(24-2)9-7-13/h6-9,12,20H,3-5,10-11H2,1-2H3. The van der Waals surface area contributed by atoms with Gasteiger partial charge < -0.3 is 19.4 Å². The summed E-state index contributed by atoms with van der Waals surface area (Å²) in [5.74, 6) is 0.858. The first-order chi connectivity index (χ1) is 12.2. The molecule has 6 nitrogen and oxygen atoms in total. The molecule has 3 rings (SSSR count). The van der Waals surface area contributed by atoms with Crippen molar-refractivity contribution in [1.82, 2.24) is 4.57 Å².